The Morgan fingerprint density at radius 1 is 1.28 bits per heavy atom. The van der Waals surface area contributed by atoms with E-state index in [-0.39, 0.29) is 33.4 Å². The zero-order valence-corrected chi connectivity index (χ0v) is 12.8. The third-order valence-electron chi connectivity index (χ3n) is 4.59. The molecule has 2 aliphatic rings. The number of hydrogen-bond acceptors (Lipinski definition) is 2. The Kier molecular flexibility index (Phi) is 4.20. The number of rotatable bonds is 3. The first-order valence-corrected chi connectivity index (χ1v) is 7.35. The number of esters is 1. The fraction of sp³-hybridized carbons (Fsp3) is 0.769. The number of ether oxygens (including phenoxy) is 1. The molecule has 2 fully saturated rings. The molecule has 0 aliphatic heterocycles. The topological polar surface area (TPSA) is 26.3 Å². The van der Waals surface area contributed by atoms with Crippen molar-refractivity contribution in [2.75, 3.05) is 0 Å². The molecule has 0 aromatic heterocycles. The Bertz CT molecular complexity index is 386. The maximum Gasteiger partial charge on any atom is 0.311 e. The molecule has 0 unspecified atom stereocenters. The lowest BCUT2D eigenvalue weighted by molar-refractivity contribution is -0.151. The van der Waals surface area contributed by atoms with Crippen LogP contribution in [0.5, 0.6) is 0 Å². The largest absolute Gasteiger partial charge is 0.462 e. The molecule has 18 heavy (non-hydrogen) atoms. The third-order valence-corrected chi connectivity index (χ3v) is 5.56. The van der Waals surface area contributed by atoms with Crippen LogP contribution in [0.2, 0.25) is 0 Å². The van der Waals surface area contributed by atoms with Crippen molar-refractivity contribution in [1.82, 2.24) is 0 Å². The van der Waals surface area contributed by atoms with Gasteiger partial charge in [0.25, 0.3) is 0 Å². The molecule has 0 saturated heterocycles. The first-order chi connectivity index (χ1) is 8.32. The molecule has 0 aromatic rings. The summed E-state index contributed by atoms with van der Waals surface area (Å²) in [5, 5.41) is 0.144. The maximum absolute atomic E-state index is 11.7. The van der Waals surface area contributed by atoms with Gasteiger partial charge in [-0.05, 0) is 30.6 Å². The van der Waals surface area contributed by atoms with Crippen LogP contribution in [0, 0.1) is 17.3 Å². The van der Waals surface area contributed by atoms with Crippen LogP contribution in [-0.2, 0) is 9.53 Å². The van der Waals surface area contributed by atoms with E-state index in [1.807, 2.05) is 0 Å². The van der Waals surface area contributed by atoms with Crippen molar-refractivity contribution in [3.63, 3.8) is 0 Å². The van der Waals surface area contributed by atoms with E-state index in [1.54, 1.807) is 0 Å². The van der Waals surface area contributed by atoms with Crippen molar-refractivity contribution in [1.29, 1.82) is 0 Å². The Balaban J connectivity index is 1.93. The van der Waals surface area contributed by atoms with Crippen LogP contribution in [0.4, 0.5) is 0 Å². The molecule has 2 bridgehead atoms. The maximum atomic E-state index is 11.7. The molecule has 0 aromatic carbocycles. The highest BCUT2D eigenvalue weighted by atomic mass is 35.5. The zero-order valence-electron chi connectivity index (χ0n) is 10.5. The molecule has 0 N–H and O–H groups in total. The molecule has 102 valence electrons. The lowest BCUT2D eigenvalue weighted by Gasteiger charge is -2.26. The Morgan fingerprint density at radius 2 is 1.94 bits per heavy atom. The van der Waals surface area contributed by atoms with Gasteiger partial charge < -0.3 is 4.74 Å². The number of carbonyl (C=O) groups is 1. The van der Waals surface area contributed by atoms with Gasteiger partial charge in [-0.25, -0.2) is 0 Å². The molecule has 2 saturated carbocycles. The average molecular weight is 312 g/mol. The van der Waals surface area contributed by atoms with Gasteiger partial charge in [0.1, 0.15) is 10.6 Å². The second-order valence-corrected chi connectivity index (χ2v) is 7.21. The van der Waals surface area contributed by atoms with E-state index < -0.39 is 0 Å². The first-order valence-electron chi connectivity index (χ1n) is 6.21. The minimum absolute atomic E-state index is 0.0322. The van der Waals surface area contributed by atoms with Crippen LogP contribution in [0.25, 0.3) is 0 Å². The molecule has 5 heteroatoms. The molecule has 0 heterocycles. The highest BCUT2D eigenvalue weighted by molar-refractivity contribution is 6.59. The fourth-order valence-electron chi connectivity index (χ4n) is 3.49. The molecule has 0 amide bonds. The van der Waals surface area contributed by atoms with Gasteiger partial charge in [0.2, 0.25) is 0 Å². The second kappa shape index (κ2) is 5.22. The number of fused-ring (bicyclic) bond motifs is 2. The van der Waals surface area contributed by atoms with E-state index in [0.717, 1.165) is 12.8 Å². The summed E-state index contributed by atoms with van der Waals surface area (Å²) in [7, 11) is 0. The molecule has 2 nitrogen and oxygen atoms in total. The van der Waals surface area contributed by atoms with E-state index in [4.69, 9.17) is 39.5 Å². The Hall–Kier alpha value is 0.0800. The van der Waals surface area contributed by atoms with Gasteiger partial charge in [0, 0.05) is 5.92 Å². The van der Waals surface area contributed by atoms with Crippen molar-refractivity contribution in [2.24, 2.45) is 17.3 Å². The van der Waals surface area contributed by atoms with E-state index in [2.05, 4.69) is 13.8 Å². The summed E-state index contributed by atoms with van der Waals surface area (Å²) in [6.45, 7) is 4.54. The van der Waals surface area contributed by atoms with E-state index in [0.29, 0.717) is 11.8 Å². The van der Waals surface area contributed by atoms with Gasteiger partial charge in [0.15, 0.2) is 0 Å². The molecule has 3 atom stereocenters. The summed E-state index contributed by atoms with van der Waals surface area (Å²) >= 11 is 16.8. The third kappa shape index (κ3) is 2.66. The monoisotopic (exact) mass is 310 g/mol. The van der Waals surface area contributed by atoms with Gasteiger partial charge in [-0.2, -0.15) is 0 Å². The molecular formula is C13H17Cl3O2. The van der Waals surface area contributed by atoms with Gasteiger partial charge in [-0.3, -0.25) is 4.79 Å². The van der Waals surface area contributed by atoms with Crippen LogP contribution in [0.1, 0.15) is 39.5 Å². The standard InChI is InChI=1S/C13H17Cl3O2/c1-13(2)7-3-4-8(13)10(5-7)18-11(17)6-9(14)12(15)16/h7-8,10H,3-6H2,1-2H3/t7-,8-,10-/m1/s1. The van der Waals surface area contributed by atoms with Crippen LogP contribution in [-0.4, -0.2) is 12.1 Å². The van der Waals surface area contributed by atoms with E-state index >= 15 is 0 Å². The highest BCUT2D eigenvalue weighted by Crippen LogP contribution is 2.58. The van der Waals surface area contributed by atoms with Gasteiger partial charge in [-0.15, -0.1) is 0 Å². The SMILES string of the molecule is CC1(C)[C@@H]2CC[C@@H]1[C@H](OC(=O)CC(Cl)=C(Cl)Cl)C2. The average Bonchev–Trinajstić information content (AvgIpc) is 2.66. The minimum Gasteiger partial charge on any atom is -0.462 e. The predicted molar refractivity (Wildman–Crippen MR) is 73.7 cm³/mol. The molecule has 2 aliphatic carbocycles. The summed E-state index contributed by atoms with van der Waals surface area (Å²) < 4.78 is 5.46. The number of hydrogen-bond donors (Lipinski definition) is 0. The number of halogens is 3. The van der Waals surface area contributed by atoms with Crippen molar-refractivity contribution in [2.45, 2.75) is 45.6 Å². The van der Waals surface area contributed by atoms with Crippen molar-refractivity contribution in [3.05, 3.63) is 9.52 Å². The van der Waals surface area contributed by atoms with Crippen molar-refractivity contribution >= 4 is 40.8 Å². The second-order valence-electron chi connectivity index (χ2n) is 5.81. The predicted octanol–water partition coefficient (Wildman–Crippen LogP) is 4.63. The molecule has 0 radical (unpaired) electrons. The first kappa shape index (κ1) is 14.5. The van der Waals surface area contributed by atoms with E-state index in [9.17, 15) is 4.79 Å². The van der Waals surface area contributed by atoms with Gasteiger partial charge in [0.05, 0.1) is 11.5 Å². The molecule has 0 spiro atoms. The van der Waals surface area contributed by atoms with Gasteiger partial charge >= 0.3 is 5.97 Å². The van der Waals surface area contributed by atoms with Gasteiger partial charge in [-0.1, -0.05) is 48.7 Å². The van der Waals surface area contributed by atoms with Crippen LogP contribution >= 0.6 is 34.8 Å². The summed E-state index contributed by atoms with van der Waals surface area (Å²) in [5.41, 5.74) is 0.286. The minimum atomic E-state index is -0.341. The van der Waals surface area contributed by atoms with Crippen molar-refractivity contribution in [3.8, 4) is 0 Å². The highest BCUT2D eigenvalue weighted by Gasteiger charge is 2.54. The lowest BCUT2D eigenvalue weighted by Crippen LogP contribution is -2.27. The molecule has 2 rings (SSSR count). The van der Waals surface area contributed by atoms with E-state index in [1.165, 1.54) is 6.42 Å². The quantitative estimate of drug-likeness (QED) is 0.710. The Morgan fingerprint density at radius 3 is 2.39 bits per heavy atom. The smallest absolute Gasteiger partial charge is 0.311 e. The molecular weight excluding hydrogens is 294 g/mol. The van der Waals surface area contributed by atoms with Crippen molar-refractivity contribution < 1.29 is 9.53 Å². The fourth-order valence-corrected chi connectivity index (χ4v) is 3.74. The lowest BCUT2D eigenvalue weighted by atomic mass is 9.82. The normalized spacial score (nSPS) is 32.4. The van der Waals surface area contributed by atoms with Crippen LogP contribution in [0.15, 0.2) is 9.52 Å². The summed E-state index contributed by atoms with van der Waals surface area (Å²) in [6.07, 6.45) is 3.36. The summed E-state index contributed by atoms with van der Waals surface area (Å²) in [5.74, 6) is 0.802. The summed E-state index contributed by atoms with van der Waals surface area (Å²) in [6, 6.07) is 0. The Labute approximate surface area is 123 Å². The summed E-state index contributed by atoms with van der Waals surface area (Å²) in [4.78, 5) is 11.7. The van der Waals surface area contributed by atoms with Crippen LogP contribution in [0.3, 0.4) is 0 Å². The zero-order chi connectivity index (χ0) is 13.5. The van der Waals surface area contributed by atoms with Crippen LogP contribution < -0.4 is 0 Å². The number of carbonyl (C=O) groups excluding carboxylic acids is 1.